The Kier molecular flexibility index (Phi) is 4.03. The van der Waals surface area contributed by atoms with Crippen molar-refractivity contribution in [2.24, 2.45) is 5.73 Å². The first-order valence-electron chi connectivity index (χ1n) is 5.86. The lowest BCUT2D eigenvalue weighted by Crippen LogP contribution is -2.10. The maximum absolute atomic E-state index is 11.1. The number of carbonyl (C=O) groups is 2. The number of aromatic carboxylic acids is 1. The van der Waals surface area contributed by atoms with Gasteiger partial charge < -0.3 is 20.3 Å². The second kappa shape index (κ2) is 5.91. The van der Waals surface area contributed by atoms with Gasteiger partial charge in [0, 0.05) is 17.8 Å². The van der Waals surface area contributed by atoms with Crippen LogP contribution in [0.4, 0.5) is 0 Å². The van der Waals surface area contributed by atoms with Gasteiger partial charge >= 0.3 is 5.97 Å². The Morgan fingerprint density at radius 2 is 1.86 bits per heavy atom. The number of carboxylic acid groups (broad SMARTS) is 1. The van der Waals surface area contributed by atoms with Crippen molar-refractivity contribution in [1.29, 1.82) is 0 Å². The van der Waals surface area contributed by atoms with Crippen LogP contribution in [0.3, 0.4) is 0 Å². The molecule has 2 aromatic rings. The molecule has 1 aromatic heterocycles. The summed E-state index contributed by atoms with van der Waals surface area (Å²) in [6, 6.07) is 7.25. The minimum atomic E-state index is -1.07. The number of amides is 1. The summed E-state index contributed by atoms with van der Waals surface area (Å²) in [4.78, 5) is 25.7. The predicted octanol–water partition coefficient (Wildman–Crippen LogP) is 1.68. The van der Waals surface area contributed by atoms with Gasteiger partial charge in [-0.1, -0.05) is 0 Å². The minimum Gasteiger partial charge on any atom is -0.493 e. The number of nitrogens with zero attached hydrogens (tertiary/aromatic N) is 1. The Morgan fingerprint density at radius 1 is 1.14 bits per heavy atom. The van der Waals surface area contributed by atoms with Gasteiger partial charge in [-0.3, -0.25) is 4.79 Å². The number of nitrogens with two attached hydrogens (primary N) is 1. The van der Waals surface area contributed by atoms with E-state index in [9.17, 15) is 9.59 Å². The molecule has 0 atom stereocenters. The zero-order chi connectivity index (χ0) is 15.4. The van der Waals surface area contributed by atoms with Gasteiger partial charge in [0.15, 0.2) is 11.5 Å². The van der Waals surface area contributed by atoms with Crippen LogP contribution in [0.5, 0.6) is 17.4 Å². The van der Waals surface area contributed by atoms with E-state index in [1.54, 1.807) is 0 Å². The van der Waals surface area contributed by atoms with Crippen LogP contribution in [0.2, 0.25) is 0 Å². The third kappa shape index (κ3) is 3.27. The number of carboxylic acids is 1. The maximum Gasteiger partial charge on any atom is 0.337 e. The molecule has 1 amide bonds. The van der Waals surface area contributed by atoms with Crippen molar-refractivity contribution >= 4 is 11.9 Å². The van der Waals surface area contributed by atoms with Gasteiger partial charge in [-0.2, -0.15) is 0 Å². The molecular formula is C14H12N2O5. The largest absolute Gasteiger partial charge is 0.493 e. The number of methoxy groups -OCH3 is 1. The summed E-state index contributed by atoms with van der Waals surface area (Å²) in [6.07, 6.45) is 1.18. The first kappa shape index (κ1) is 14.3. The standard InChI is InChI=1S/C14H12N2O5/c1-20-11-6-8(13(15)17)2-4-10(11)21-12-5-3-9(7-16-12)14(18)19/h2-7H,1H3,(H2,15,17)(H,18,19). The van der Waals surface area contributed by atoms with Crippen molar-refractivity contribution in [3.05, 3.63) is 47.7 Å². The first-order chi connectivity index (χ1) is 10.0. The molecule has 21 heavy (non-hydrogen) atoms. The fourth-order valence-corrected chi connectivity index (χ4v) is 1.59. The van der Waals surface area contributed by atoms with E-state index in [4.69, 9.17) is 20.3 Å². The van der Waals surface area contributed by atoms with Crippen molar-refractivity contribution in [3.8, 4) is 17.4 Å². The molecule has 108 valence electrons. The molecule has 0 fully saturated rings. The average Bonchev–Trinajstić information content (AvgIpc) is 2.48. The molecule has 0 aliphatic heterocycles. The van der Waals surface area contributed by atoms with E-state index in [0.29, 0.717) is 11.5 Å². The maximum atomic E-state index is 11.1. The summed E-state index contributed by atoms with van der Waals surface area (Å²) in [7, 11) is 1.42. The normalized spacial score (nSPS) is 9.95. The SMILES string of the molecule is COc1cc(C(N)=O)ccc1Oc1ccc(C(=O)O)cn1. The van der Waals surface area contributed by atoms with Gasteiger partial charge in [-0.25, -0.2) is 9.78 Å². The summed E-state index contributed by atoms with van der Waals surface area (Å²) in [5.74, 6) is -0.806. The third-order valence-electron chi connectivity index (χ3n) is 2.65. The Morgan fingerprint density at radius 3 is 2.38 bits per heavy atom. The highest BCUT2D eigenvalue weighted by molar-refractivity contribution is 5.93. The van der Waals surface area contributed by atoms with Crippen LogP contribution < -0.4 is 15.2 Å². The smallest absolute Gasteiger partial charge is 0.337 e. The van der Waals surface area contributed by atoms with Gasteiger partial charge in [0.2, 0.25) is 11.8 Å². The number of rotatable bonds is 5. The molecule has 0 unspecified atom stereocenters. The topological polar surface area (TPSA) is 112 Å². The zero-order valence-corrected chi connectivity index (χ0v) is 11.1. The van der Waals surface area contributed by atoms with Gasteiger partial charge in [-0.15, -0.1) is 0 Å². The minimum absolute atomic E-state index is 0.0541. The highest BCUT2D eigenvalue weighted by Gasteiger charge is 2.11. The van der Waals surface area contributed by atoms with E-state index in [2.05, 4.69) is 4.98 Å². The number of benzene rings is 1. The van der Waals surface area contributed by atoms with E-state index >= 15 is 0 Å². The quantitative estimate of drug-likeness (QED) is 0.865. The molecule has 3 N–H and O–H groups in total. The molecule has 0 saturated heterocycles. The van der Waals surface area contributed by atoms with E-state index < -0.39 is 11.9 Å². The lowest BCUT2D eigenvalue weighted by molar-refractivity contribution is 0.0696. The molecule has 2 rings (SSSR count). The predicted molar refractivity (Wildman–Crippen MR) is 72.8 cm³/mol. The number of ether oxygens (including phenoxy) is 2. The molecule has 0 aliphatic carbocycles. The average molecular weight is 288 g/mol. The number of carbonyl (C=O) groups excluding carboxylic acids is 1. The molecule has 7 nitrogen and oxygen atoms in total. The summed E-state index contributed by atoms with van der Waals surface area (Å²) < 4.78 is 10.6. The van der Waals surface area contributed by atoms with Crippen molar-refractivity contribution in [2.45, 2.75) is 0 Å². The van der Waals surface area contributed by atoms with E-state index in [1.165, 1.54) is 43.6 Å². The zero-order valence-electron chi connectivity index (χ0n) is 11.1. The molecule has 0 saturated carbocycles. The second-order valence-corrected chi connectivity index (χ2v) is 4.02. The summed E-state index contributed by atoms with van der Waals surface area (Å²) in [6.45, 7) is 0. The number of primary amides is 1. The number of aromatic nitrogens is 1. The van der Waals surface area contributed by atoms with Crippen LogP contribution in [0.1, 0.15) is 20.7 Å². The highest BCUT2D eigenvalue weighted by Crippen LogP contribution is 2.31. The molecule has 7 heteroatoms. The lowest BCUT2D eigenvalue weighted by Gasteiger charge is -2.10. The highest BCUT2D eigenvalue weighted by atomic mass is 16.5. The third-order valence-corrected chi connectivity index (χ3v) is 2.65. The van der Waals surface area contributed by atoms with Gasteiger partial charge in [0.1, 0.15) is 0 Å². The summed E-state index contributed by atoms with van der Waals surface area (Å²) in [5, 5.41) is 8.79. The monoisotopic (exact) mass is 288 g/mol. The molecular weight excluding hydrogens is 276 g/mol. The Hall–Kier alpha value is -3.09. The number of hydrogen-bond donors (Lipinski definition) is 2. The van der Waals surface area contributed by atoms with Crippen LogP contribution in [0.25, 0.3) is 0 Å². The van der Waals surface area contributed by atoms with E-state index in [1.807, 2.05) is 0 Å². The van der Waals surface area contributed by atoms with Gasteiger partial charge in [-0.05, 0) is 24.3 Å². The molecule has 0 aliphatic rings. The first-order valence-corrected chi connectivity index (χ1v) is 5.86. The molecule has 0 spiro atoms. The molecule has 1 aromatic carbocycles. The number of pyridine rings is 1. The Balaban J connectivity index is 2.26. The molecule has 0 radical (unpaired) electrons. The van der Waals surface area contributed by atoms with Crippen LogP contribution in [0, 0.1) is 0 Å². The summed E-state index contributed by atoms with van der Waals surface area (Å²) in [5.41, 5.74) is 5.52. The fraction of sp³-hybridized carbons (Fsp3) is 0.0714. The van der Waals surface area contributed by atoms with Gasteiger partial charge in [0.25, 0.3) is 0 Å². The van der Waals surface area contributed by atoms with E-state index in [-0.39, 0.29) is 17.0 Å². The van der Waals surface area contributed by atoms with Crippen molar-refractivity contribution in [3.63, 3.8) is 0 Å². The molecule has 1 heterocycles. The fourth-order valence-electron chi connectivity index (χ4n) is 1.59. The lowest BCUT2D eigenvalue weighted by atomic mass is 10.2. The molecule has 0 bridgehead atoms. The van der Waals surface area contributed by atoms with Crippen LogP contribution in [0.15, 0.2) is 36.5 Å². The van der Waals surface area contributed by atoms with Crippen LogP contribution in [-0.4, -0.2) is 29.1 Å². The van der Waals surface area contributed by atoms with Crippen molar-refractivity contribution in [1.82, 2.24) is 4.98 Å². The summed E-state index contributed by atoms with van der Waals surface area (Å²) >= 11 is 0. The Labute approximate surface area is 119 Å². The van der Waals surface area contributed by atoms with Crippen LogP contribution in [-0.2, 0) is 0 Å². The van der Waals surface area contributed by atoms with Gasteiger partial charge in [0.05, 0.1) is 12.7 Å². The van der Waals surface area contributed by atoms with Crippen molar-refractivity contribution in [2.75, 3.05) is 7.11 Å². The Bertz CT molecular complexity index is 682. The number of hydrogen-bond acceptors (Lipinski definition) is 5. The van der Waals surface area contributed by atoms with Crippen LogP contribution >= 0.6 is 0 Å². The second-order valence-electron chi connectivity index (χ2n) is 4.02. The van der Waals surface area contributed by atoms with Crippen molar-refractivity contribution < 1.29 is 24.2 Å². The van der Waals surface area contributed by atoms with E-state index in [0.717, 1.165) is 0 Å².